The summed E-state index contributed by atoms with van der Waals surface area (Å²) in [4.78, 5) is 14.4. The molecule has 0 spiro atoms. The maximum atomic E-state index is 12.3. The zero-order chi connectivity index (χ0) is 14.0. The number of piperidine rings is 1. The third kappa shape index (κ3) is 3.07. The number of nitrogens with zero attached hydrogens (tertiary/aromatic N) is 1. The minimum atomic E-state index is -0.151. The van der Waals surface area contributed by atoms with Crippen LogP contribution in [0.15, 0.2) is 18.2 Å². The molecule has 0 bridgehead atoms. The SMILES string of the molecule is C[C@@H]1CCC[C@H](C)N1CC(=O)c1ccc(O)cc1O. The van der Waals surface area contributed by atoms with E-state index in [1.807, 2.05) is 0 Å². The number of hydrogen-bond donors (Lipinski definition) is 2. The number of aromatic hydroxyl groups is 2. The van der Waals surface area contributed by atoms with Crippen LogP contribution < -0.4 is 0 Å². The van der Waals surface area contributed by atoms with Gasteiger partial charge in [-0.25, -0.2) is 0 Å². The van der Waals surface area contributed by atoms with E-state index in [4.69, 9.17) is 0 Å². The van der Waals surface area contributed by atoms with Crippen molar-refractivity contribution in [3.8, 4) is 11.5 Å². The van der Waals surface area contributed by atoms with E-state index in [0.717, 1.165) is 12.8 Å². The number of Topliss-reactive ketones (excluding diaryl/α,β-unsaturated/α-hetero) is 1. The molecule has 0 unspecified atom stereocenters. The molecule has 2 atom stereocenters. The Labute approximate surface area is 113 Å². The maximum absolute atomic E-state index is 12.3. The van der Waals surface area contributed by atoms with Gasteiger partial charge in [-0.05, 0) is 38.8 Å². The molecule has 4 nitrogen and oxygen atoms in total. The fraction of sp³-hybridized carbons (Fsp3) is 0.533. The molecule has 2 N–H and O–H groups in total. The van der Waals surface area contributed by atoms with E-state index in [1.165, 1.54) is 24.6 Å². The lowest BCUT2D eigenvalue weighted by molar-refractivity contribution is 0.0732. The smallest absolute Gasteiger partial charge is 0.180 e. The van der Waals surface area contributed by atoms with Crippen molar-refractivity contribution in [1.29, 1.82) is 0 Å². The fourth-order valence-corrected chi connectivity index (χ4v) is 2.79. The molecule has 1 aliphatic heterocycles. The van der Waals surface area contributed by atoms with Crippen molar-refractivity contribution in [2.75, 3.05) is 6.54 Å². The molecule has 0 amide bonds. The van der Waals surface area contributed by atoms with E-state index in [2.05, 4.69) is 18.7 Å². The number of benzene rings is 1. The number of carbonyl (C=O) groups excluding carboxylic acids is 1. The summed E-state index contributed by atoms with van der Waals surface area (Å²) < 4.78 is 0. The average molecular weight is 263 g/mol. The molecule has 4 heteroatoms. The molecule has 0 saturated carbocycles. The number of rotatable bonds is 3. The van der Waals surface area contributed by atoms with Gasteiger partial charge in [-0.3, -0.25) is 9.69 Å². The summed E-state index contributed by atoms with van der Waals surface area (Å²) in [5, 5.41) is 19.0. The molecular weight excluding hydrogens is 242 g/mol. The van der Waals surface area contributed by atoms with Gasteiger partial charge in [0, 0.05) is 18.2 Å². The van der Waals surface area contributed by atoms with Gasteiger partial charge in [0.1, 0.15) is 11.5 Å². The van der Waals surface area contributed by atoms with Gasteiger partial charge in [-0.2, -0.15) is 0 Å². The summed E-state index contributed by atoms with van der Waals surface area (Å²) in [6, 6.07) is 4.90. The Morgan fingerprint density at radius 1 is 1.26 bits per heavy atom. The molecule has 1 aliphatic rings. The Morgan fingerprint density at radius 2 is 1.89 bits per heavy atom. The van der Waals surface area contributed by atoms with Crippen molar-refractivity contribution >= 4 is 5.78 Å². The molecule has 0 aromatic heterocycles. The quantitative estimate of drug-likeness (QED) is 0.823. The molecule has 0 aliphatic carbocycles. The first kappa shape index (κ1) is 13.9. The zero-order valence-corrected chi connectivity index (χ0v) is 11.5. The lowest BCUT2D eigenvalue weighted by atomic mass is 9.96. The molecular formula is C15H21NO3. The molecule has 2 rings (SSSR count). The van der Waals surface area contributed by atoms with Crippen molar-refractivity contribution in [3.05, 3.63) is 23.8 Å². The van der Waals surface area contributed by atoms with Crippen molar-refractivity contribution < 1.29 is 15.0 Å². The van der Waals surface area contributed by atoms with E-state index < -0.39 is 0 Å². The van der Waals surface area contributed by atoms with Crippen LogP contribution in [0.4, 0.5) is 0 Å². The third-order valence-electron chi connectivity index (χ3n) is 3.98. The zero-order valence-electron chi connectivity index (χ0n) is 11.5. The molecule has 104 valence electrons. The van der Waals surface area contributed by atoms with Crippen LogP contribution in [-0.4, -0.2) is 39.5 Å². The first-order chi connectivity index (χ1) is 8.99. The van der Waals surface area contributed by atoms with Gasteiger partial charge < -0.3 is 10.2 Å². The van der Waals surface area contributed by atoms with Gasteiger partial charge in [-0.1, -0.05) is 6.42 Å². The van der Waals surface area contributed by atoms with Crippen molar-refractivity contribution in [2.24, 2.45) is 0 Å². The largest absolute Gasteiger partial charge is 0.508 e. The molecule has 1 saturated heterocycles. The van der Waals surface area contributed by atoms with Crippen molar-refractivity contribution in [2.45, 2.75) is 45.2 Å². The third-order valence-corrected chi connectivity index (χ3v) is 3.98. The highest BCUT2D eigenvalue weighted by Crippen LogP contribution is 2.26. The summed E-state index contributed by atoms with van der Waals surface area (Å²) in [5.74, 6) is -0.283. The standard InChI is InChI=1S/C15H21NO3/c1-10-4-3-5-11(2)16(10)9-15(19)13-7-6-12(17)8-14(13)18/h6-8,10-11,17-18H,3-5,9H2,1-2H3/t10-,11+. The average Bonchev–Trinajstić information content (AvgIpc) is 2.33. The molecule has 1 aromatic rings. The van der Waals surface area contributed by atoms with Gasteiger partial charge in [0.15, 0.2) is 5.78 Å². The Kier molecular flexibility index (Phi) is 4.10. The molecule has 1 fully saturated rings. The van der Waals surface area contributed by atoms with Crippen LogP contribution in [0.1, 0.15) is 43.5 Å². The van der Waals surface area contributed by atoms with Gasteiger partial charge in [0.05, 0.1) is 12.1 Å². The fourth-order valence-electron chi connectivity index (χ4n) is 2.79. The van der Waals surface area contributed by atoms with Crippen molar-refractivity contribution in [1.82, 2.24) is 4.90 Å². The number of phenols is 2. The summed E-state index contributed by atoms with van der Waals surface area (Å²) in [6.07, 6.45) is 3.43. The number of carbonyl (C=O) groups is 1. The van der Waals surface area contributed by atoms with Crippen LogP contribution in [0.25, 0.3) is 0 Å². The van der Waals surface area contributed by atoms with Gasteiger partial charge in [0.25, 0.3) is 0 Å². The van der Waals surface area contributed by atoms with Gasteiger partial charge in [-0.15, -0.1) is 0 Å². The molecule has 1 aromatic carbocycles. The first-order valence-corrected chi connectivity index (χ1v) is 6.80. The second-order valence-corrected chi connectivity index (χ2v) is 5.43. The monoisotopic (exact) mass is 263 g/mol. The van der Waals surface area contributed by atoms with Crippen molar-refractivity contribution in [3.63, 3.8) is 0 Å². The number of ketones is 1. The minimum Gasteiger partial charge on any atom is -0.508 e. The van der Waals surface area contributed by atoms with E-state index in [0.29, 0.717) is 18.6 Å². The lowest BCUT2D eigenvalue weighted by Crippen LogP contribution is -2.46. The normalized spacial score (nSPS) is 24.3. The van der Waals surface area contributed by atoms with Crippen LogP contribution in [0.5, 0.6) is 11.5 Å². The molecule has 0 radical (unpaired) electrons. The first-order valence-electron chi connectivity index (χ1n) is 6.80. The summed E-state index contributed by atoms with van der Waals surface area (Å²) in [6.45, 7) is 4.60. The van der Waals surface area contributed by atoms with Crippen LogP contribution in [-0.2, 0) is 0 Å². The van der Waals surface area contributed by atoms with E-state index in [1.54, 1.807) is 0 Å². The highest BCUT2D eigenvalue weighted by molar-refractivity contribution is 6.00. The van der Waals surface area contributed by atoms with Crippen LogP contribution in [0.2, 0.25) is 0 Å². The Balaban J connectivity index is 2.11. The second-order valence-electron chi connectivity index (χ2n) is 5.43. The topological polar surface area (TPSA) is 60.8 Å². The second kappa shape index (κ2) is 5.61. The number of hydrogen-bond acceptors (Lipinski definition) is 4. The van der Waals surface area contributed by atoms with Gasteiger partial charge >= 0.3 is 0 Å². The number of likely N-dealkylation sites (tertiary alicyclic amines) is 1. The van der Waals surface area contributed by atoms with E-state index in [-0.39, 0.29) is 22.8 Å². The lowest BCUT2D eigenvalue weighted by Gasteiger charge is -2.38. The summed E-state index contributed by atoms with van der Waals surface area (Å²) in [5.41, 5.74) is 0.280. The summed E-state index contributed by atoms with van der Waals surface area (Å²) in [7, 11) is 0. The van der Waals surface area contributed by atoms with Gasteiger partial charge in [0.2, 0.25) is 0 Å². The summed E-state index contributed by atoms with van der Waals surface area (Å²) >= 11 is 0. The molecule has 19 heavy (non-hydrogen) atoms. The minimum absolute atomic E-state index is 0.0336. The highest BCUT2D eigenvalue weighted by Gasteiger charge is 2.27. The van der Waals surface area contributed by atoms with Crippen LogP contribution in [0.3, 0.4) is 0 Å². The number of phenolic OH excluding ortho intramolecular Hbond substituents is 2. The van der Waals surface area contributed by atoms with E-state index >= 15 is 0 Å². The van der Waals surface area contributed by atoms with E-state index in [9.17, 15) is 15.0 Å². The van der Waals surface area contributed by atoms with Crippen LogP contribution in [0, 0.1) is 0 Å². The Bertz CT molecular complexity index is 462. The highest BCUT2D eigenvalue weighted by atomic mass is 16.3. The predicted octanol–water partition coefficient (Wildman–Crippen LogP) is 2.54. The van der Waals surface area contributed by atoms with Crippen LogP contribution >= 0.6 is 0 Å². The Hall–Kier alpha value is -1.55. The Morgan fingerprint density at radius 3 is 2.47 bits per heavy atom. The predicted molar refractivity (Wildman–Crippen MR) is 73.6 cm³/mol. The molecule has 1 heterocycles. The maximum Gasteiger partial charge on any atom is 0.180 e.